The number of hydrogen-bond acceptors (Lipinski definition) is 4. The molecule has 2 rings (SSSR count). The van der Waals surface area contributed by atoms with E-state index in [4.69, 9.17) is 4.74 Å². The highest BCUT2D eigenvalue weighted by molar-refractivity contribution is 5.85. The van der Waals surface area contributed by atoms with Gasteiger partial charge in [0.15, 0.2) is 5.96 Å². The van der Waals surface area contributed by atoms with Crippen LogP contribution in [0.5, 0.6) is 0 Å². The normalized spacial score (nSPS) is 23.1. The Morgan fingerprint density at radius 3 is 2.13 bits per heavy atom. The molecule has 0 atom stereocenters. The molecular weight excluding hydrogens is 382 g/mol. The molecule has 0 aromatic heterocycles. The van der Waals surface area contributed by atoms with Crippen LogP contribution in [0.3, 0.4) is 0 Å². The number of nitrogens with zero attached hydrogens (tertiary/aromatic N) is 3. The number of amides is 2. The van der Waals surface area contributed by atoms with Crippen molar-refractivity contribution in [2.24, 2.45) is 10.9 Å². The highest BCUT2D eigenvalue weighted by Crippen LogP contribution is 2.27. The third kappa shape index (κ3) is 8.03. The van der Waals surface area contributed by atoms with Gasteiger partial charge >= 0.3 is 6.09 Å². The molecule has 0 aromatic rings. The lowest BCUT2D eigenvalue weighted by Crippen LogP contribution is -2.52. The Morgan fingerprint density at radius 1 is 1.00 bits per heavy atom. The zero-order chi connectivity index (χ0) is 21.9. The zero-order valence-corrected chi connectivity index (χ0v) is 19.3. The molecule has 0 bridgehead atoms. The third-order valence-electron chi connectivity index (χ3n) is 6.12. The molecule has 0 radical (unpaired) electrons. The summed E-state index contributed by atoms with van der Waals surface area (Å²) in [6, 6.07) is 0.631. The molecule has 0 spiro atoms. The molecule has 2 N–H and O–H groups in total. The summed E-state index contributed by atoms with van der Waals surface area (Å²) in [5.41, 5.74) is 0. The summed E-state index contributed by atoms with van der Waals surface area (Å²) in [7, 11) is 3.50. The van der Waals surface area contributed by atoms with Crippen LogP contribution < -0.4 is 10.6 Å². The van der Waals surface area contributed by atoms with Crippen LogP contribution in [-0.4, -0.2) is 80.2 Å². The van der Waals surface area contributed by atoms with Crippen LogP contribution in [0.25, 0.3) is 0 Å². The smallest absolute Gasteiger partial charge is 0.409 e. The van der Waals surface area contributed by atoms with Crippen molar-refractivity contribution < 1.29 is 14.3 Å². The summed E-state index contributed by atoms with van der Waals surface area (Å²) in [6.07, 6.45) is 8.83. The minimum absolute atomic E-state index is 0.0140. The molecule has 172 valence electrons. The molecule has 8 heteroatoms. The first-order chi connectivity index (χ1) is 14.4. The summed E-state index contributed by atoms with van der Waals surface area (Å²) >= 11 is 0. The van der Waals surface area contributed by atoms with E-state index in [1.165, 1.54) is 25.7 Å². The largest absolute Gasteiger partial charge is 0.450 e. The molecule has 0 unspecified atom stereocenters. The van der Waals surface area contributed by atoms with Crippen molar-refractivity contribution in [3.8, 4) is 0 Å². The molecule has 8 nitrogen and oxygen atoms in total. The number of piperidine rings is 1. The first-order valence-corrected chi connectivity index (χ1v) is 11.6. The van der Waals surface area contributed by atoms with Gasteiger partial charge in [0.25, 0.3) is 0 Å². The average molecular weight is 424 g/mol. The molecular formula is C22H41N5O3. The first kappa shape index (κ1) is 24.3. The van der Waals surface area contributed by atoms with E-state index in [9.17, 15) is 9.59 Å². The fourth-order valence-electron chi connectivity index (χ4n) is 4.23. The van der Waals surface area contributed by atoms with Crippen LogP contribution in [-0.2, 0) is 9.53 Å². The number of rotatable bonds is 7. The molecule has 1 aliphatic carbocycles. The molecule has 30 heavy (non-hydrogen) atoms. The lowest BCUT2D eigenvalue weighted by atomic mass is 9.83. The maximum atomic E-state index is 12.0. The molecule has 1 saturated heterocycles. The highest BCUT2D eigenvalue weighted by Gasteiger charge is 2.26. The number of likely N-dealkylation sites (N-methyl/N-ethyl adjacent to an activating group) is 1. The highest BCUT2D eigenvalue weighted by atomic mass is 16.6. The van der Waals surface area contributed by atoms with Crippen molar-refractivity contribution in [2.75, 3.05) is 40.3 Å². The quantitative estimate of drug-likeness (QED) is 0.486. The van der Waals surface area contributed by atoms with Gasteiger partial charge in [0.2, 0.25) is 5.91 Å². The van der Waals surface area contributed by atoms with Crippen LogP contribution in [0.2, 0.25) is 0 Å². The molecule has 1 aliphatic heterocycles. The molecule has 1 saturated carbocycles. The van der Waals surface area contributed by atoms with Gasteiger partial charge in [0.05, 0.1) is 6.61 Å². The second kappa shape index (κ2) is 12.6. The molecule has 0 aromatic carbocycles. The van der Waals surface area contributed by atoms with Crippen LogP contribution in [0, 0.1) is 5.92 Å². The van der Waals surface area contributed by atoms with E-state index in [0.29, 0.717) is 25.7 Å². The number of aliphatic imine (C=N–C) groups is 1. The van der Waals surface area contributed by atoms with Crippen LogP contribution in [0.4, 0.5) is 4.79 Å². The number of ether oxygens (including phenoxy) is 1. The van der Waals surface area contributed by atoms with Gasteiger partial charge in [-0.3, -0.25) is 4.79 Å². The maximum Gasteiger partial charge on any atom is 0.409 e. The van der Waals surface area contributed by atoms with E-state index in [1.807, 2.05) is 6.92 Å². The van der Waals surface area contributed by atoms with Gasteiger partial charge in [-0.25, -0.2) is 9.79 Å². The predicted octanol–water partition coefficient (Wildman–Crippen LogP) is 2.59. The lowest BCUT2D eigenvalue weighted by Gasteiger charge is -2.34. The van der Waals surface area contributed by atoms with E-state index >= 15 is 0 Å². The minimum Gasteiger partial charge on any atom is -0.450 e. The van der Waals surface area contributed by atoms with Gasteiger partial charge in [-0.05, 0) is 51.4 Å². The van der Waals surface area contributed by atoms with Gasteiger partial charge < -0.3 is 25.2 Å². The van der Waals surface area contributed by atoms with E-state index in [-0.39, 0.29) is 24.6 Å². The number of carbonyl (C=O) groups is 2. The van der Waals surface area contributed by atoms with E-state index in [2.05, 4.69) is 22.5 Å². The zero-order valence-electron chi connectivity index (χ0n) is 19.3. The van der Waals surface area contributed by atoms with Gasteiger partial charge in [-0.1, -0.05) is 19.8 Å². The minimum atomic E-state index is -0.233. The van der Waals surface area contributed by atoms with Crippen LogP contribution in [0.15, 0.2) is 4.99 Å². The molecule has 2 amide bonds. The van der Waals surface area contributed by atoms with Crippen molar-refractivity contribution in [1.29, 1.82) is 0 Å². The number of nitrogens with one attached hydrogen (secondary N) is 2. The second-order valence-corrected chi connectivity index (χ2v) is 8.71. The lowest BCUT2D eigenvalue weighted by molar-refractivity contribution is -0.127. The van der Waals surface area contributed by atoms with Gasteiger partial charge in [-0.15, -0.1) is 0 Å². The summed E-state index contributed by atoms with van der Waals surface area (Å²) in [4.78, 5) is 31.8. The van der Waals surface area contributed by atoms with Gasteiger partial charge in [-0.2, -0.15) is 0 Å². The summed E-state index contributed by atoms with van der Waals surface area (Å²) < 4.78 is 5.10. The van der Waals surface area contributed by atoms with Crippen LogP contribution in [0.1, 0.15) is 65.2 Å². The SMILES string of the molecule is CCCC1CCC(NC(=NCC(=O)N(C)C)NC2CCN(C(=O)OCC)CC2)CC1. The maximum absolute atomic E-state index is 12.0. The number of likely N-dealkylation sites (tertiary alicyclic amines) is 1. The topological polar surface area (TPSA) is 86.3 Å². The van der Waals surface area contributed by atoms with Crippen molar-refractivity contribution in [3.63, 3.8) is 0 Å². The summed E-state index contributed by atoms with van der Waals surface area (Å²) in [5.74, 6) is 1.56. The van der Waals surface area contributed by atoms with Crippen molar-refractivity contribution >= 4 is 18.0 Å². The third-order valence-corrected chi connectivity index (χ3v) is 6.12. The Balaban J connectivity index is 1.90. The average Bonchev–Trinajstić information content (AvgIpc) is 2.74. The van der Waals surface area contributed by atoms with Gasteiger partial charge in [0, 0.05) is 39.3 Å². The second-order valence-electron chi connectivity index (χ2n) is 8.71. The number of hydrogen-bond donors (Lipinski definition) is 2. The Kier molecular flexibility index (Phi) is 10.2. The molecule has 2 aliphatic rings. The van der Waals surface area contributed by atoms with Crippen molar-refractivity contribution in [2.45, 2.75) is 77.3 Å². The Labute approximate surface area is 181 Å². The summed E-state index contributed by atoms with van der Waals surface area (Å²) in [6.45, 7) is 5.96. The Bertz CT molecular complexity index is 565. The predicted molar refractivity (Wildman–Crippen MR) is 120 cm³/mol. The van der Waals surface area contributed by atoms with Crippen molar-refractivity contribution in [3.05, 3.63) is 0 Å². The Hall–Kier alpha value is -1.99. The number of guanidine groups is 1. The number of carbonyl (C=O) groups excluding carboxylic acids is 2. The van der Waals surface area contributed by atoms with Crippen LogP contribution >= 0.6 is 0 Å². The van der Waals surface area contributed by atoms with Gasteiger partial charge in [0.1, 0.15) is 6.54 Å². The van der Waals surface area contributed by atoms with E-state index < -0.39 is 0 Å². The van der Waals surface area contributed by atoms with Crippen molar-refractivity contribution in [1.82, 2.24) is 20.4 Å². The molecule has 1 heterocycles. The fourth-order valence-corrected chi connectivity index (χ4v) is 4.23. The monoisotopic (exact) mass is 423 g/mol. The van der Waals surface area contributed by atoms with E-state index in [0.717, 1.165) is 37.6 Å². The van der Waals surface area contributed by atoms with E-state index in [1.54, 1.807) is 23.9 Å². The standard InChI is InChI=1S/C22H41N5O3/c1-5-7-17-8-10-18(11-9-17)24-21(23-16-20(28)26(3)4)25-19-12-14-27(15-13-19)22(29)30-6-2/h17-19H,5-16H2,1-4H3,(H2,23,24,25). The Morgan fingerprint density at radius 2 is 1.60 bits per heavy atom. The summed E-state index contributed by atoms with van der Waals surface area (Å²) in [5, 5.41) is 7.09. The first-order valence-electron chi connectivity index (χ1n) is 11.6. The molecule has 2 fully saturated rings. The fraction of sp³-hybridized carbons (Fsp3) is 0.864.